The molecule has 0 aliphatic rings. The Morgan fingerprint density at radius 1 is 1.13 bits per heavy atom. The van der Waals surface area contributed by atoms with Gasteiger partial charge in [0.2, 0.25) is 0 Å². The first-order valence-electron chi connectivity index (χ1n) is 7.52. The van der Waals surface area contributed by atoms with Crippen molar-refractivity contribution in [2.45, 2.75) is 32.5 Å². The van der Waals surface area contributed by atoms with E-state index in [1.54, 1.807) is 0 Å². The molecule has 0 aliphatic heterocycles. The van der Waals surface area contributed by atoms with E-state index in [-0.39, 0.29) is 25.1 Å². The average molecular weight is 356 g/mol. The number of aliphatic hydroxyl groups is 1. The number of benzene rings is 2. The van der Waals surface area contributed by atoms with Gasteiger partial charge in [0.05, 0.1) is 6.61 Å². The molecule has 0 aliphatic carbocycles. The number of hydrogen-bond donors (Lipinski definition) is 2. The Labute approximate surface area is 149 Å². The molecule has 5 heteroatoms. The monoisotopic (exact) mass is 355 g/mol. The van der Waals surface area contributed by atoms with Crippen molar-refractivity contribution in [3.63, 3.8) is 0 Å². The normalized spacial score (nSPS) is 11.6. The summed E-state index contributed by atoms with van der Waals surface area (Å²) in [4.78, 5) is 0. The van der Waals surface area contributed by atoms with E-state index in [2.05, 4.69) is 12.2 Å². The van der Waals surface area contributed by atoms with Crippen LogP contribution in [0.5, 0.6) is 5.75 Å². The molecule has 2 rings (SSSR count). The third kappa shape index (κ3) is 6.40. The number of rotatable bonds is 8. The zero-order valence-corrected chi connectivity index (χ0v) is 14.7. The minimum Gasteiger partial charge on any atom is -0.489 e. The highest BCUT2D eigenvalue weighted by Gasteiger charge is 2.07. The molecule has 23 heavy (non-hydrogen) atoms. The van der Waals surface area contributed by atoms with E-state index in [0.29, 0.717) is 13.2 Å². The van der Waals surface area contributed by atoms with Gasteiger partial charge in [-0.15, -0.1) is 12.4 Å². The lowest BCUT2D eigenvalue weighted by Gasteiger charge is -2.16. The molecule has 0 saturated carbocycles. The smallest absolute Gasteiger partial charge is 0.124 e. The van der Waals surface area contributed by atoms with Crippen LogP contribution >= 0.6 is 24.0 Å². The van der Waals surface area contributed by atoms with Gasteiger partial charge in [0, 0.05) is 23.2 Å². The van der Waals surface area contributed by atoms with Crippen LogP contribution in [-0.2, 0) is 13.2 Å². The van der Waals surface area contributed by atoms with Crippen molar-refractivity contribution in [2.24, 2.45) is 0 Å². The average Bonchev–Trinajstić information content (AvgIpc) is 2.56. The lowest BCUT2D eigenvalue weighted by atomic mass is 10.1. The van der Waals surface area contributed by atoms with Crippen LogP contribution in [0.15, 0.2) is 48.5 Å². The van der Waals surface area contributed by atoms with Crippen LogP contribution in [-0.4, -0.2) is 17.8 Å². The molecule has 0 saturated heterocycles. The Hall–Kier alpha value is -1.26. The van der Waals surface area contributed by atoms with Crippen molar-refractivity contribution in [2.75, 3.05) is 6.61 Å². The summed E-state index contributed by atoms with van der Waals surface area (Å²) in [6, 6.07) is 15.7. The Kier molecular flexibility index (Phi) is 9.03. The molecule has 2 aromatic carbocycles. The molecule has 0 radical (unpaired) electrons. The molecule has 0 bridgehead atoms. The highest BCUT2D eigenvalue weighted by atomic mass is 35.5. The molecule has 126 valence electrons. The largest absolute Gasteiger partial charge is 0.489 e. The lowest BCUT2D eigenvalue weighted by molar-refractivity contribution is 0.237. The van der Waals surface area contributed by atoms with Crippen molar-refractivity contribution >= 4 is 24.0 Å². The number of hydrogen-bond acceptors (Lipinski definition) is 3. The molecule has 1 atom stereocenters. The maximum atomic E-state index is 9.24. The van der Waals surface area contributed by atoms with Gasteiger partial charge in [0.1, 0.15) is 12.4 Å². The predicted molar refractivity (Wildman–Crippen MR) is 97.5 cm³/mol. The molecular formula is C18H23Cl2NO2. The summed E-state index contributed by atoms with van der Waals surface area (Å²) in [5, 5.41) is 13.3. The second-order valence-electron chi connectivity index (χ2n) is 5.19. The fourth-order valence-corrected chi connectivity index (χ4v) is 2.25. The van der Waals surface area contributed by atoms with Crippen molar-refractivity contribution < 1.29 is 9.84 Å². The van der Waals surface area contributed by atoms with Crippen LogP contribution in [0.3, 0.4) is 0 Å². The Morgan fingerprint density at radius 2 is 1.83 bits per heavy atom. The zero-order chi connectivity index (χ0) is 15.8. The second-order valence-corrected chi connectivity index (χ2v) is 5.63. The van der Waals surface area contributed by atoms with E-state index in [0.717, 1.165) is 28.3 Å². The van der Waals surface area contributed by atoms with E-state index in [9.17, 15) is 5.11 Å². The molecule has 0 aromatic heterocycles. The third-order valence-corrected chi connectivity index (χ3v) is 3.83. The second kappa shape index (κ2) is 10.5. The number of halogens is 2. The van der Waals surface area contributed by atoms with Crippen LogP contribution in [0.1, 0.15) is 24.5 Å². The van der Waals surface area contributed by atoms with Crippen LogP contribution < -0.4 is 10.1 Å². The Morgan fingerprint density at radius 3 is 2.48 bits per heavy atom. The highest BCUT2D eigenvalue weighted by Crippen LogP contribution is 2.20. The summed E-state index contributed by atoms with van der Waals surface area (Å²) >= 11 is 5.88. The number of aliphatic hydroxyl groups excluding tert-OH is 1. The van der Waals surface area contributed by atoms with Gasteiger partial charge in [-0.1, -0.05) is 48.9 Å². The topological polar surface area (TPSA) is 41.5 Å². The first kappa shape index (κ1) is 19.8. The van der Waals surface area contributed by atoms with Crippen molar-refractivity contribution in [3.8, 4) is 5.75 Å². The standard InChI is InChI=1S/C18H22ClNO2.ClH/c1-2-17(12-21)20-11-15-5-3-4-6-18(15)22-13-14-7-9-16(19)10-8-14;/h3-10,17,20-21H,2,11-13H2,1H3;1H. The first-order chi connectivity index (χ1) is 10.7. The van der Waals surface area contributed by atoms with Crippen molar-refractivity contribution in [1.82, 2.24) is 5.32 Å². The van der Waals surface area contributed by atoms with Gasteiger partial charge in [-0.2, -0.15) is 0 Å². The fourth-order valence-electron chi connectivity index (χ4n) is 2.12. The van der Waals surface area contributed by atoms with E-state index >= 15 is 0 Å². The Bertz CT molecular complexity index is 571. The summed E-state index contributed by atoms with van der Waals surface area (Å²) in [7, 11) is 0. The van der Waals surface area contributed by atoms with Gasteiger partial charge in [-0.3, -0.25) is 0 Å². The third-order valence-electron chi connectivity index (χ3n) is 3.57. The number of para-hydroxylation sites is 1. The first-order valence-corrected chi connectivity index (χ1v) is 7.90. The summed E-state index contributed by atoms with van der Waals surface area (Å²) in [6.45, 7) is 3.38. The van der Waals surface area contributed by atoms with Gasteiger partial charge < -0.3 is 15.2 Å². The van der Waals surface area contributed by atoms with Crippen LogP contribution in [0.25, 0.3) is 0 Å². The van der Waals surface area contributed by atoms with Gasteiger partial charge in [0.15, 0.2) is 0 Å². The van der Waals surface area contributed by atoms with Gasteiger partial charge in [0.25, 0.3) is 0 Å². The quantitative estimate of drug-likeness (QED) is 0.745. The van der Waals surface area contributed by atoms with E-state index < -0.39 is 0 Å². The summed E-state index contributed by atoms with van der Waals surface area (Å²) < 4.78 is 5.92. The Balaban J connectivity index is 0.00000264. The molecule has 0 fully saturated rings. The van der Waals surface area contributed by atoms with Crippen molar-refractivity contribution in [1.29, 1.82) is 0 Å². The molecule has 0 spiro atoms. The molecule has 0 amide bonds. The molecular weight excluding hydrogens is 333 g/mol. The fraction of sp³-hybridized carbons (Fsp3) is 0.333. The van der Waals surface area contributed by atoms with E-state index in [4.69, 9.17) is 16.3 Å². The molecule has 3 nitrogen and oxygen atoms in total. The van der Waals surface area contributed by atoms with Crippen molar-refractivity contribution in [3.05, 3.63) is 64.7 Å². The van der Waals surface area contributed by atoms with Gasteiger partial charge in [-0.25, -0.2) is 0 Å². The number of nitrogens with one attached hydrogen (secondary N) is 1. The minimum absolute atomic E-state index is 0. The van der Waals surface area contributed by atoms with Crippen LogP contribution in [0.4, 0.5) is 0 Å². The summed E-state index contributed by atoms with van der Waals surface area (Å²) in [5.41, 5.74) is 2.16. The minimum atomic E-state index is 0. The van der Waals surface area contributed by atoms with E-state index in [1.165, 1.54) is 0 Å². The predicted octanol–water partition coefficient (Wildman–Crippen LogP) is 4.20. The lowest BCUT2D eigenvalue weighted by Crippen LogP contribution is -2.31. The molecule has 1 unspecified atom stereocenters. The van der Waals surface area contributed by atoms with Crippen LogP contribution in [0, 0.1) is 0 Å². The molecule has 0 heterocycles. The van der Waals surface area contributed by atoms with Gasteiger partial charge >= 0.3 is 0 Å². The summed E-state index contributed by atoms with van der Waals surface area (Å²) in [6.07, 6.45) is 0.893. The highest BCUT2D eigenvalue weighted by molar-refractivity contribution is 6.30. The maximum absolute atomic E-state index is 9.24. The molecule has 2 aromatic rings. The van der Waals surface area contributed by atoms with E-state index in [1.807, 2.05) is 48.5 Å². The maximum Gasteiger partial charge on any atom is 0.124 e. The zero-order valence-electron chi connectivity index (χ0n) is 13.2. The summed E-state index contributed by atoms with van der Waals surface area (Å²) in [5.74, 6) is 0.859. The SMILES string of the molecule is CCC(CO)NCc1ccccc1OCc1ccc(Cl)cc1.Cl. The van der Waals surface area contributed by atoms with Gasteiger partial charge in [-0.05, 0) is 30.2 Å². The molecule has 2 N–H and O–H groups in total. The van der Waals surface area contributed by atoms with Crippen LogP contribution in [0.2, 0.25) is 5.02 Å². The number of ether oxygens (including phenoxy) is 1.